The molecule has 1 amide bonds. The monoisotopic (exact) mass is 460 g/mol. The molecule has 1 atom stereocenters. The molecule has 4 aromatic rings. The number of hydrogen-bond acceptors (Lipinski definition) is 5. The molecule has 9 heteroatoms. The fourth-order valence-corrected chi connectivity index (χ4v) is 4.50. The summed E-state index contributed by atoms with van der Waals surface area (Å²) in [5.41, 5.74) is 4.63. The third kappa shape index (κ3) is 4.28. The molecule has 0 saturated carbocycles. The average molecular weight is 461 g/mol. The lowest BCUT2D eigenvalue weighted by molar-refractivity contribution is -0.124. The van der Waals surface area contributed by atoms with E-state index in [4.69, 9.17) is 0 Å². The summed E-state index contributed by atoms with van der Waals surface area (Å²) in [6.07, 6.45) is 4.55. The third-order valence-corrected chi connectivity index (χ3v) is 6.07. The average Bonchev–Trinajstić information content (AvgIpc) is 3.40. The summed E-state index contributed by atoms with van der Waals surface area (Å²) in [4.78, 5) is 37.9. The molecule has 1 aromatic carbocycles. The third-order valence-electron chi connectivity index (χ3n) is 6.07. The van der Waals surface area contributed by atoms with Gasteiger partial charge in [-0.05, 0) is 62.1 Å². The fourth-order valence-electron chi connectivity index (χ4n) is 4.50. The lowest BCUT2D eigenvalue weighted by Gasteiger charge is -2.15. The van der Waals surface area contributed by atoms with Gasteiger partial charge in [-0.3, -0.25) is 19.1 Å². The predicted molar refractivity (Wildman–Crippen MR) is 127 cm³/mol. The van der Waals surface area contributed by atoms with Gasteiger partial charge < -0.3 is 15.6 Å². The van der Waals surface area contributed by atoms with Gasteiger partial charge >= 0.3 is 0 Å². The van der Waals surface area contributed by atoms with Crippen molar-refractivity contribution in [3.05, 3.63) is 87.1 Å². The molecule has 174 valence electrons. The van der Waals surface area contributed by atoms with Crippen molar-refractivity contribution in [2.24, 2.45) is 0 Å². The number of rotatable bonds is 6. The Morgan fingerprint density at radius 3 is 2.82 bits per heavy atom. The van der Waals surface area contributed by atoms with Gasteiger partial charge in [-0.25, -0.2) is 9.37 Å². The minimum absolute atomic E-state index is 0.142. The number of anilines is 1. The molecule has 34 heavy (non-hydrogen) atoms. The maximum absolute atomic E-state index is 13.7. The smallest absolute Gasteiger partial charge is 0.294 e. The van der Waals surface area contributed by atoms with E-state index in [2.05, 4.69) is 25.6 Å². The van der Waals surface area contributed by atoms with Crippen molar-refractivity contribution >= 4 is 22.6 Å². The number of hydrogen-bond donors (Lipinski definition) is 3. The highest BCUT2D eigenvalue weighted by atomic mass is 19.1. The van der Waals surface area contributed by atoms with Crippen LogP contribution in [-0.2, 0) is 24.3 Å². The molecule has 3 aromatic heterocycles. The molecule has 4 heterocycles. The summed E-state index contributed by atoms with van der Waals surface area (Å²) in [7, 11) is 0. The fraction of sp³-hybridized carbons (Fsp3) is 0.280. The Labute approximate surface area is 195 Å². The molecule has 5 rings (SSSR count). The van der Waals surface area contributed by atoms with Gasteiger partial charge in [0.25, 0.3) is 5.56 Å². The first-order valence-electron chi connectivity index (χ1n) is 11.2. The van der Waals surface area contributed by atoms with Crippen molar-refractivity contribution in [3.63, 3.8) is 0 Å². The number of aromatic nitrogens is 4. The van der Waals surface area contributed by atoms with Crippen molar-refractivity contribution in [3.8, 4) is 0 Å². The van der Waals surface area contributed by atoms with Crippen LogP contribution in [0.15, 0.2) is 47.5 Å². The molecule has 8 nitrogen and oxygen atoms in total. The second-order valence-electron chi connectivity index (χ2n) is 8.74. The summed E-state index contributed by atoms with van der Waals surface area (Å²) in [5, 5.41) is 6.92. The SMILES string of the molecule is Cc1cc(F)cc(CNc2ncc3n(c2=O)[C@H](C(=O)NCc2cc4cnc(C)cc4[nH]2)CC3)c1. The number of aryl methyl sites for hydroxylation is 3. The zero-order valence-corrected chi connectivity index (χ0v) is 19.0. The van der Waals surface area contributed by atoms with Crippen LogP contribution in [0.25, 0.3) is 10.9 Å². The normalized spacial score (nSPS) is 14.9. The van der Waals surface area contributed by atoms with Gasteiger partial charge in [0.2, 0.25) is 5.91 Å². The second kappa shape index (κ2) is 8.74. The van der Waals surface area contributed by atoms with Crippen LogP contribution in [0, 0.1) is 19.7 Å². The van der Waals surface area contributed by atoms with E-state index < -0.39 is 6.04 Å². The van der Waals surface area contributed by atoms with E-state index in [9.17, 15) is 14.0 Å². The highest BCUT2D eigenvalue weighted by molar-refractivity contribution is 5.82. The number of fused-ring (bicyclic) bond motifs is 2. The summed E-state index contributed by atoms with van der Waals surface area (Å²) in [6.45, 7) is 4.31. The van der Waals surface area contributed by atoms with Gasteiger partial charge in [-0.2, -0.15) is 0 Å². The Morgan fingerprint density at radius 2 is 2.00 bits per heavy atom. The zero-order valence-electron chi connectivity index (χ0n) is 19.0. The molecule has 0 fully saturated rings. The van der Waals surface area contributed by atoms with E-state index in [1.165, 1.54) is 16.7 Å². The molecular formula is C25H25FN6O2. The number of aromatic amines is 1. The first kappa shape index (κ1) is 21.8. The van der Waals surface area contributed by atoms with E-state index in [1.54, 1.807) is 12.4 Å². The van der Waals surface area contributed by atoms with E-state index in [-0.39, 0.29) is 29.6 Å². The molecule has 0 aliphatic carbocycles. The number of carbonyl (C=O) groups is 1. The van der Waals surface area contributed by atoms with Gasteiger partial charge in [0.15, 0.2) is 5.82 Å². The molecule has 0 spiro atoms. The Morgan fingerprint density at radius 1 is 1.15 bits per heavy atom. The summed E-state index contributed by atoms with van der Waals surface area (Å²) >= 11 is 0. The van der Waals surface area contributed by atoms with Crippen LogP contribution in [0.1, 0.15) is 40.7 Å². The summed E-state index contributed by atoms with van der Waals surface area (Å²) in [5.74, 6) is -0.399. The highest BCUT2D eigenvalue weighted by Crippen LogP contribution is 2.24. The molecule has 1 aliphatic heterocycles. The number of nitrogens with one attached hydrogen (secondary N) is 3. The maximum atomic E-state index is 13.7. The van der Waals surface area contributed by atoms with Gasteiger partial charge in [-0.1, -0.05) is 6.07 Å². The zero-order chi connectivity index (χ0) is 23.8. The minimum atomic E-state index is -0.601. The van der Waals surface area contributed by atoms with Crippen molar-refractivity contribution in [2.45, 2.75) is 45.8 Å². The van der Waals surface area contributed by atoms with E-state index in [0.717, 1.165) is 33.5 Å². The number of nitrogens with zero attached hydrogens (tertiary/aromatic N) is 3. The lowest BCUT2D eigenvalue weighted by atomic mass is 10.1. The van der Waals surface area contributed by atoms with Crippen molar-refractivity contribution in [1.29, 1.82) is 0 Å². The number of benzene rings is 1. The largest absolute Gasteiger partial charge is 0.361 e. The van der Waals surface area contributed by atoms with Crippen LogP contribution in [0.2, 0.25) is 0 Å². The first-order chi connectivity index (χ1) is 16.4. The van der Waals surface area contributed by atoms with Crippen molar-refractivity contribution in [2.75, 3.05) is 5.32 Å². The standard InChI is InChI=1S/C25H25FN6O2/c1-14-5-16(8-18(26)6-14)10-28-23-25(34)32-20(13-29-23)3-4-22(32)24(33)30-12-19-9-17-11-27-15(2)7-21(17)31-19/h5-9,11,13,22,31H,3-4,10,12H2,1-2H3,(H,28,29)(H,30,33)/t22-/m0/s1. The topological polar surface area (TPSA) is 105 Å². The van der Waals surface area contributed by atoms with Crippen LogP contribution in [-0.4, -0.2) is 25.4 Å². The molecule has 0 saturated heterocycles. The van der Waals surface area contributed by atoms with Crippen LogP contribution in [0.4, 0.5) is 10.2 Å². The van der Waals surface area contributed by atoms with Crippen LogP contribution in [0.5, 0.6) is 0 Å². The number of pyridine rings is 1. The first-order valence-corrected chi connectivity index (χ1v) is 11.2. The van der Waals surface area contributed by atoms with E-state index in [0.29, 0.717) is 24.9 Å². The lowest BCUT2D eigenvalue weighted by Crippen LogP contribution is -2.36. The quantitative estimate of drug-likeness (QED) is 0.410. The molecule has 3 N–H and O–H groups in total. The Balaban J connectivity index is 1.30. The number of carbonyl (C=O) groups excluding carboxylic acids is 1. The summed E-state index contributed by atoms with van der Waals surface area (Å²) in [6, 6.07) is 8.03. The van der Waals surface area contributed by atoms with Crippen LogP contribution < -0.4 is 16.2 Å². The Kier molecular flexibility index (Phi) is 5.61. The molecule has 0 unspecified atom stereocenters. The van der Waals surface area contributed by atoms with Crippen LogP contribution in [0.3, 0.4) is 0 Å². The summed E-state index contributed by atoms with van der Waals surface area (Å²) < 4.78 is 15.2. The highest BCUT2D eigenvalue weighted by Gasteiger charge is 2.30. The van der Waals surface area contributed by atoms with Crippen LogP contribution >= 0.6 is 0 Å². The number of H-pyrrole nitrogens is 1. The van der Waals surface area contributed by atoms with Gasteiger partial charge in [-0.15, -0.1) is 0 Å². The number of halogens is 1. The Bertz CT molecular complexity index is 1440. The molecular weight excluding hydrogens is 435 g/mol. The van der Waals surface area contributed by atoms with E-state index >= 15 is 0 Å². The Hall–Kier alpha value is -4.01. The van der Waals surface area contributed by atoms with Gasteiger partial charge in [0.05, 0.1) is 6.54 Å². The minimum Gasteiger partial charge on any atom is -0.361 e. The van der Waals surface area contributed by atoms with Crippen molar-refractivity contribution < 1.29 is 9.18 Å². The predicted octanol–water partition coefficient (Wildman–Crippen LogP) is 3.29. The molecule has 0 bridgehead atoms. The van der Waals surface area contributed by atoms with Gasteiger partial charge in [0, 0.05) is 46.9 Å². The van der Waals surface area contributed by atoms with Crippen molar-refractivity contribution in [1.82, 2.24) is 24.8 Å². The molecule has 1 aliphatic rings. The number of amides is 1. The molecule has 0 radical (unpaired) electrons. The van der Waals surface area contributed by atoms with Gasteiger partial charge in [0.1, 0.15) is 11.9 Å². The maximum Gasteiger partial charge on any atom is 0.294 e. The van der Waals surface area contributed by atoms with E-state index in [1.807, 2.05) is 32.0 Å². The second-order valence-corrected chi connectivity index (χ2v) is 8.74.